The van der Waals surface area contributed by atoms with Crippen molar-refractivity contribution in [3.05, 3.63) is 60.4 Å². The molecule has 3 saturated heterocycles. The Morgan fingerprint density at radius 2 is 1.96 bits per heavy atom. The molecular weight excluding hydrogens is 314 g/mol. The fourth-order valence-corrected chi connectivity index (χ4v) is 4.07. The predicted octanol–water partition coefficient (Wildman–Crippen LogP) is 3.34. The molecule has 5 rings (SSSR count). The second kappa shape index (κ2) is 7.23. The first kappa shape index (κ1) is 16.1. The molecule has 4 heterocycles. The zero-order valence-electron chi connectivity index (χ0n) is 14.2. The van der Waals surface area contributed by atoms with Gasteiger partial charge in [-0.05, 0) is 56.1 Å². The number of fused-ring (bicyclic) bond motifs is 3. The van der Waals surface area contributed by atoms with E-state index in [0.29, 0.717) is 5.92 Å². The van der Waals surface area contributed by atoms with Crippen LogP contribution in [-0.2, 0) is 11.2 Å². The van der Waals surface area contributed by atoms with E-state index < -0.39 is 0 Å². The topological polar surface area (TPSA) is 54.5 Å². The largest absolute Gasteiger partial charge is 0.444 e. The number of carbonyl (C=O) groups excluding carboxylic acids is 1. The smallest absolute Gasteiger partial charge is 0.411 e. The molecule has 3 fully saturated rings. The highest BCUT2D eigenvalue weighted by atomic mass is 16.6. The number of piperidine rings is 3. The minimum atomic E-state index is -0.360. The monoisotopic (exact) mass is 337 g/mol. The fraction of sp³-hybridized carbons (Fsp3) is 0.400. The number of hydrogen-bond donors (Lipinski definition) is 1. The van der Waals surface area contributed by atoms with Gasteiger partial charge in [0.05, 0.1) is 6.04 Å². The number of amides is 1. The SMILES string of the molecule is O=C(Nc1ccccc1)O[C@@H]1C2CCN(CC2)[C@@H]1Cc1cccnc1. The van der Waals surface area contributed by atoms with Gasteiger partial charge in [0.15, 0.2) is 0 Å². The van der Waals surface area contributed by atoms with E-state index in [4.69, 9.17) is 4.74 Å². The maximum atomic E-state index is 12.4. The second-order valence-corrected chi connectivity index (χ2v) is 6.87. The summed E-state index contributed by atoms with van der Waals surface area (Å²) in [6.07, 6.45) is 6.35. The molecule has 2 bridgehead atoms. The minimum Gasteiger partial charge on any atom is -0.444 e. The lowest BCUT2D eigenvalue weighted by Crippen LogP contribution is -2.60. The van der Waals surface area contributed by atoms with Crippen molar-refractivity contribution in [2.24, 2.45) is 5.92 Å². The van der Waals surface area contributed by atoms with Crippen molar-refractivity contribution in [2.75, 3.05) is 18.4 Å². The van der Waals surface area contributed by atoms with Crippen molar-refractivity contribution in [1.29, 1.82) is 0 Å². The van der Waals surface area contributed by atoms with Gasteiger partial charge in [-0.2, -0.15) is 0 Å². The van der Waals surface area contributed by atoms with Crippen molar-refractivity contribution in [3.8, 4) is 0 Å². The Labute approximate surface area is 148 Å². The molecule has 0 saturated carbocycles. The van der Waals surface area contributed by atoms with Gasteiger partial charge in [-0.25, -0.2) is 4.79 Å². The van der Waals surface area contributed by atoms with Gasteiger partial charge < -0.3 is 4.74 Å². The van der Waals surface area contributed by atoms with Crippen LogP contribution >= 0.6 is 0 Å². The summed E-state index contributed by atoms with van der Waals surface area (Å²) >= 11 is 0. The van der Waals surface area contributed by atoms with E-state index in [0.717, 1.165) is 38.0 Å². The summed E-state index contributed by atoms with van der Waals surface area (Å²) in [5.41, 5.74) is 1.95. The molecule has 25 heavy (non-hydrogen) atoms. The number of hydrogen-bond acceptors (Lipinski definition) is 4. The third-order valence-electron chi connectivity index (χ3n) is 5.32. The van der Waals surface area contributed by atoms with E-state index in [-0.39, 0.29) is 18.2 Å². The number of ether oxygens (including phenoxy) is 1. The van der Waals surface area contributed by atoms with E-state index >= 15 is 0 Å². The van der Waals surface area contributed by atoms with Gasteiger partial charge >= 0.3 is 6.09 Å². The van der Waals surface area contributed by atoms with Crippen LogP contribution in [0.2, 0.25) is 0 Å². The quantitative estimate of drug-likeness (QED) is 0.930. The standard InChI is InChI=1S/C20H23N3O2/c24-20(22-17-6-2-1-3-7-17)25-19-16-8-11-23(12-9-16)18(19)13-15-5-4-10-21-14-15/h1-7,10,14,16,18-19H,8-9,11-13H2,(H,22,24)/t18-,19-/m1/s1. The van der Waals surface area contributed by atoms with Crippen molar-refractivity contribution in [1.82, 2.24) is 9.88 Å². The van der Waals surface area contributed by atoms with Crippen LogP contribution in [0.4, 0.5) is 10.5 Å². The highest BCUT2D eigenvalue weighted by molar-refractivity contribution is 5.84. The molecule has 3 aliphatic rings. The van der Waals surface area contributed by atoms with Gasteiger partial charge in [-0.1, -0.05) is 24.3 Å². The first-order valence-corrected chi connectivity index (χ1v) is 8.95. The van der Waals surface area contributed by atoms with E-state index in [1.807, 2.05) is 42.6 Å². The number of anilines is 1. The summed E-state index contributed by atoms with van der Waals surface area (Å²) in [5, 5.41) is 2.84. The van der Waals surface area contributed by atoms with E-state index in [9.17, 15) is 4.79 Å². The first-order chi connectivity index (χ1) is 12.3. The van der Waals surface area contributed by atoms with Crippen LogP contribution in [0.25, 0.3) is 0 Å². The van der Waals surface area contributed by atoms with E-state index in [2.05, 4.69) is 21.3 Å². The molecule has 0 spiro atoms. The summed E-state index contributed by atoms with van der Waals surface area (Å²) in [4.78, 5) is 19.1. The van der Waals surface area contributed by atoms with Crippen LogP contribution in [0, 0.1) is 5.92 Å². The van der Waals surface area contributed by atoms with Crippen LogP contribution in [0.1, 0.15) is 18.4 Å². The highest BCUT2D eigenvalue weighted by Gasteiger charge is 2.44. The van der Waals surface area contributed by atoms with Gasteiger partial charge in [0, 0.05) is 24.0 Å². The van der Waals surface area contributed by atoms with Gasteiger partial charge in [-0.15, -0.1) is 0 Å². The Morgan fingerprint density at radius 3 is 2.68 bits per heavy atom. The number of rotatable bonds is 4. The van der Waals surface area contributed by atoms with E-state index in [1.165, 1.54) is 5.56 Å². The fourth-order valence-electron chi connectivity index (χ4n) is 4.07. The summed E-state index contributed by atoms with van der Waals surface area (Å²) < 4.78 is 5.90. The van der Waals surface area contributed by atoms with Gasteiger partial charge in [0.2, 0.25) is 0 Å². The van der Waals surface area contributed by atoms with Crippen LogP contribution < -0.4 is 5.32 Å². The second-order valence-electron chi connectivity index (χ2n) is 6.87. The number of nitrogens with zero attached hydrogens (tertiary/aromatic N) is 2. The Balaban J connectivity index is 1.46. The summed E-state index contributed by atoms with van der Waals surface area (Å²) in [6, 6.07) is 13.7. The molecule has 1 N–H and O–H groups in total. The van der Waals surface area contributed by atoms with Crippen molar-refractivity contribution in [2.45, 2.75) is 31.4 Å². The lowest BCUT2D eigenvalue weighted by Gasteiger charge is -2.50. The lowest BCUT2D eigenvalue weighted by molar-refractivity contribution is -0.0741. The Bertz CT molecular complexity index is 699. The average Bonchev–Trinajstić information content (AvgIpc) is 2.66. The molecule has 1 aromatic carbocycles. The minimum absolute atomic E-state index is 0.0635. The molecule has 2 atom stereocenters. The molecule has 5 heteroatoms. The summed E-state index contributed by atoms with van der Waals surface area (Å²) in [7, 11) is 0. The summed E-state index contributed by atoms with van der Waals surface area (Å²) in [5.74, 6) is 0.452. The van der Waals surface area contributed by atoms with Crippen molar-refractivity contribution < 1.29 is 9.53 Å². The molecule has 3 aliphatic heterocycles. The van der Waals surface area contributed by atoms with Crippen LogP contribution in [0.3, 0.4) is 0 Å². The number of para-hydroxylation sites is 1. The number of nitrogens with one attached hydrogen (secondary N) is 1. The Kier molecular flexibility index (Phi) is 4.65. The third kappa shape index (κ3) is 3.66. The normalized spacial score (nSPS) is 27.7. The van der Waals surface area contributed by atoms with Gasteiger partial charge in [0.1, 0.15) is 6.10 Å². The van der Waals surface area contributed by atoms with Gasteiger partial charge in [0.25, 0.3) is 0 Å². The molecule has 0 unspecified atom stereocenters. The van der Waals surface area contributed by atoms with Crippen LogP contribution in [0.15, 0.2) is 54.9 Å². The van der Waals surface area contributed by atoms with Gasteiger partial charge in [-0.3, -0.25) is 15.2 Å². The molecule has 130 valence electrons. The predicted molar refractivity (Wildman–Crippen MR) is 96.4 cm³/mol. The molecule has 0 aliphatic carbocycles. The molecule has 1 amide bonds. The molecule has 1 aromatic heterocycles. The molecule has 2 aromatic rings. The highest BCUT2D eigenvalue weighted by Crippen LogP contribution is 2.36. The maximum Gasteiger partial charge on any atom is 0.411 e. The van der Waals surface area contributed by atoms with Crippen molar-refractivity contribution >= 4 is 11.8 Å². The lowest BCUT2D eigenvalue weighted by atomic mass is 9.78. The number of carbonyl (C=O) groups is 1. The maximum absolute atomic E-state index is 12.4. The number of benzene rings is 1. The van der Waals surface area contributed by atoms with Crippen LogP contribution in [-0.4, -0.2) is 41.2 Å². The van der Waals surface area contributed by atoms with Crippen molar-refractivity contribution in [3.63, 3.8) is 0 Å². The average molecular weight is 337 g/mol. The first-order valence-electron chi connectivity index (χ1n) is 8.95. The zero-order valence-corrected chi connectivity index (χ0v) is 14.2. The summed E-state index contributed by atoms with van der Waals surface area (Å²) in [6.45, 7) is 2.19. The zero-order chi connectivity index (χ0) is 17.1. The Morgan fingerprint density at radius 1 is 1.16 bits per heavy atom. The molecule has 0 radical (unpaired) electrons. The number of pyridine rings is 1. The van der Waals surface area contributed by atoms with Crippen LogP contribution in [0.5, 0.6) is 0 Å². The Hall–Kier alpha value is -2.40. The number of aromatic nitrogens is 1. The molecular formula is C20H23N3O2. The molecule has 5 nitrogen and oxygen atoms in total. The van der Waals surface area contributed by atoms with E-state index in [1.54, 1.807) is 6.20 Å². The third-order valence-corrected chi connectivity index (χ3v) is 5.32.